The maximum atomic E-state index is 13.8. The Kier molecular flexibility index (Phi) is 7.79. The predicted octanol–water partition coefficient (Wildman–Crippen LogP) is 5.19. The summed E-state index contributed by atoms with van der Waals surface area (Å²) >= 11 is 0. The van der Waals surface area contributed by atoms with Crippen LogP contribution in [-0.4, -0.2) is 40.2 Å². The van der Waals surface area contributed by atoms with Crippen LogP contribution in [0, 0.1) is 11.8 Å². The zero-order valence-electron chi connectivity index (χ0n) is 17.9. The first kappa shape index (κ1) is 25.0. The van der Waals surface area contributed by atoms with Crippen molar-refractivity contribution in [3.63, 3.8) is 0 Å². The van der Waals surface area contributed by atoms with E-state index in [-0.39, 0.29) is 24.4 Å². The van der Waals surface area contributed by atoms with Gasteiger partial charge >= 0.3 is 12.1 Å². The SMILES string of the molecule is C=CC(=O)OC(C)C1CC1C(CC)(CC)OC(C)(C)C(O)(CCC)C(F)(F)F. The monoisotopic (exact) mass is 408 g/mol. The second-order valence-electron chi connectivity index (χ2n) is 8.34. The number of rotatable bonds is 11. The lowest BCUT2D eigenvalue weighted by Crippen LogP contribution is -2.64. The van der Waals surface area contributed by atoms with Crippen LogP contribution in [0.25, 0.3) is 0 Å². The summed E-state index contributed by atoms with van der Waals surface area (Å²) in [5, 5.41) is 10.6. The van der Waals surface area contributed by atoms with Gasteiger partial charge in [-0.25, -0.2) is 4.79 Å². The van der Waals surface area contributed by atoms with Gasteiger partial charge in [0.25, 0.3) is 0 Å². The minimum atomic E-state index is -4.81. The Morgan fingerprint density at radius 1 is 1.25 bits per heavy atom. The van der Waals surface area contributed by atoms with Crippen LogP contribution in [0.2, 0.25) is 0 Å². The molecule has 7 heteroatoms. The molecule has 1 fully saturated rings. The number of carbonyl (C=O) groups excluding carboxylic acids is 1. The van der Waals surface area contributed by atoms with Crippen LogP contribution in [-0.2, 0) is 14.3 Å². The molecule has 0 spiro atoms. The molecule has 0 aromatic carbocycles. The molecule has 164 valence electrons. The van der Waals surface area contributed by atoms with Crippen molar-refractivity contribution < 1.29 is 32.5 Å². The highest BCUT2D eigenvalue weighted by Gasteiger charge is 2.65. The van der Waals surface area contributed by atoms with Crippen molar-refractivity contribution in [2.75, 3.05) is 0 Å². The van der Waals surface area contributed by atoms with Gasteiger partial charge in [-0.1, -0.05) is 33.8 Å². The maximum absolute atomic E-state index is 13.8. The number of hydrogen-bond donors (Lipinski definition) is 1. The zero-order valence-corrected chi connectivity index (χ0v) is 17.9. The molecule has 0 aromatic heterocycles. The number of ether oxygens (including phenoxy) is 2. The third-order valence-corrected chi connectivity index (χ3v) is 6.32. The highest BCUT2D eigenvalue weighted by atomic mass is 19.4. The minimum absolute atomic E-state index is 0.00440. The molecule has 28 heavy (non-hydrogen) atoms. The van der Waals surface area contributed by atoms with Gasteiger partial charge in [0.05, 0.1) is 5.60 Å². The lowest BCUT2D eigenvalue weighted by molar-refractivity contribution is -0.341. The predicted molar refractivity (Wildman–Crippen MR) is 102 cm³/mol. The van der Waals surface area contributed by atoms with E-state index in [4.69, 9.17) is 9.47 Å². The molecule has 0 bridgehead atoms. The Bertz CT molecular complexity index is 554. The highest BCUT2D eigenvalue weighted by Crippen LogP contribution is 2.56. The van der Waals surface area contributed by atoms with Crippen molar-refractivity contribution in [1.29, 1.82) is 0 Å². The first-order valence-electron chi connectivity index (χ1n) is 10.1. The van der Waals surface area contributed by atoms with Gasteiger partial charge in [0.2, 0.25) is 0 Å². The standard InChI is InChI=1S/C21H35F3O4/c1-8-12-20(26,21(22,23)24)18(6,7)28-19(10-3,11-4)16-13-15(16)14(5)27-17(25)9-2/h9,14-16,26H,2,8,10-13H2,1,3-7H3. The second kappa shape index (κ2) is 8.74. The van der Waals surface area contributed by atoms with Gasteiger partial charge in [-0.05, 0) is 52.4 Å². The van der Waals surface area contributed by atoms with Crippen molar-refractivity contribution >= 4 is 5.97 Å². The molecule has 0 saturated heterocycles. The first-order valence-corrected chi connectivity index (χ1v) is 10.1. The Morgan fingerprint density at radius 3 is 2.18 bits per heavy atom. The van der Waals surface area contributed by atoms with Crippen LogP contribution in [0.15, 0.2) is 12.7 Å². The molecule has 1 N–H and O–H groups in total. The number of alkyl halides is 3. The minimum Gasteiger partial charge on any atom is -0.459 e. The van der Waals surface area contributed by atoms with Crippen LogP contribution >= 0.6 is 0 Å². The van der Waals surface area contributed by atoms with Gasteiger partial charge in [0.1, 0.15) is 11.7 Å². The zero-order chi connectivity index (χ0) is 22.0. The van der Waals surface area contributed by atoms with Crippen LogP contribution in [0.1, 0.15) is 73.6 Å². The molecule has 0 aliphatic heterocycles. The summed E-state index contributed by atoms with van der Waals surface area (Å²) in [4.78, 5) is 11.5. The molecule has 0 radical (unpaired) electrons. The Morgan fingerprint density at radius 2 is 1.79 bits per heavy atom. The van der Waals surface area contributed by atoms with Crippen LogP contribution in [0.4, 0.5) is 13.2 Å². The average molecular weight is 409 g/mol. The normalized spacial score (nSPS) is 23.6. The molecule has 0 amide bonds. The van der Waals surface area contributed by atoms with Gasteiger partial charge < -0.3 is 14.6 Å². The number of hydrogen-bond acceptors (Lipinski definition) is 4. The summed E-state index contributed by atoms with van der Waals surface area (Å²) < 4.78 is 52.8. The van der Waals surface area contributed by atoms with E-state index in [2.05, 4.69) is 6.58 Å². The number of aliphatic hydroxyl groups is 1. The van der Waals surface area contributed by atoms with E-state index in [1.807, 2.05) is 13.8 Å². The van der Waals surface area contributed by atoms with Gasteiger partial charge in [-0.2, -0.15) is 13.2 Å². The molecule has 1 aliphatic carbocycles. The fourth-order valence-corrected chi connectivity index (χ4v) is 4.39. The molecule has 1 saturated carbocycles. The number of esters is 1. The maximum Gasteiger partial charge on any atom is 0.420 e. The molecule has 1 aliphatic rings. The number of halogens is 3. The van der Waals surface area contributed by atoms with E-state index < -0.39 is 35.4 Å². The Hall–Kier alpha value is -1.08. The average Bonchev–Trinajstić information content (AvgIpc) is 3.40. The lowest BCUT2D eigenvalue weighted by Gasteiger charge is -2.49. The van der Waals surface area contributed by atoms with E-state index >= 15 is 0 Å². The third kappa shape index (κ3) is 4.73. The van der Waals surface area contributed by atoms with Crippen molar-refractivity contribution in [2.45, 2.75) is 103 Å². The van der Waals surface area contributed by atoms with Gasteiger partial charge in [0.15, 0.2) is 5.60 Å². The van der Waals surface area contributed by atoms with E-state index in [0.29, 0.717) is 19.3 Å². The summed E-state index contributed by atoms with van der Waals surface area (Å²) in [6, 6.07) is 0. The summed E-state index contributed by atoms with van der Waals surface area (Å²) in [6.07, 6.45) is -2.67. The van der Waals surface area contributed by atoms with Crippen molar-refractivity contribution in [3.8, 4) is 0 Å². The van der Waals surface area contributed by atoms with Gasteiger partial charge in [0, 0.05) is 12.0 Å². The van der Waals surface area contributed by atoms with Crippen molar-refractivity contribution in [1.82, 2.24) is 0 Å². The third-order valence-electron chi connectivity index (χ3n) is 6.32. The van der Waals surface area contributed by atoms with Gasteiger partial charge in [-0.15, -0.1) is 0 Å². The van der Waals surface area contributed by atoms with Crippen LogP contribution in [0.3, 0.4) is 0 Å². The summed E-state index contributed by atoms with van der Waals surface area (Å²) in [5.41, 5.74) is -5.62. The molecule has 0 heterocycles. The summed E-state index contributed by atoms with van der Waals surface area (Å²) in [6.45, 7) is 13.1. The molecular weight excluding hydrogens is 373 g/mol. The topological polar surface area (TPSA) is 55.8 Å². The fourth-order valence-electron chi connectivity index (χ4n) is 4.39. The molecule has 0 aromatic rings. The van der Waals surface area contributed by atoms with E-state index in [1.54, 1.807) is 13.8 Å². The lowest BCUT2D eigenvalue weighted by atomic mass is 9.79. The second-order valence-corrected chi connectivity index (χ2v) is 8.34. The molecule has 1 rings (SSSR count). The number of carbonyl (C=O) groups is 1. The quantitative estimate of drug-likeness (QED) is 0.378. The Labute approximate surface area is 166 Å². The van der Waals surface area contributed by atoms with Crippen molar-refractivity contribution in [3.05, 3.63) is 12.7 Å². The largest absolute Gasteiger partial charge is 0.459 e. The smallest absolute Gasteiger partial charge is 0.420 e. The van der Waals surface area contributed by atoms with E-state index in [1.165, 1.54) is 13.8 Å². The van der Waals surface area contributed by atoms with Crippen LogP contribution in [0.5, 0.6) is 0 Å². The molecular formula is C21H35F3O4. The van der Waals surface area contributed by atoms with E-state index in [0.717, 1.165) is 6.08 Å². The molecule has 4 unspecified atom stereocenters. The van der Waals surface area contributed by atoms with Crippen LogP contribution < -0.4 is 0 Å². The summed E-state index contributed by atoms with van der Waals surface area (Å²) in [5.74, 6) is -0.564. The summed E-state index contributed by atoms with van der Waals surface area (Å²) in [7, 11) is 0. The highest BCUT2D eigenvalue weighted by molar-refractivity contribution is 5.81. The van der Waals surface area contributed by atoms with E-state index in [9.17, 15) is 23.1 Å². The molecule has 4 atom stereocenters. The van der Waals surface area contributed by atoms with Gasteiger partial charge in [-0.3, -0.25) is 0 Å². The first-order chi connectivity index (χ1) is 12.7. The Balaban J connectivity index is 3.12. The van der Waals surface area contributed by atoms with Crippen molar-refractivity contribution in [2.24, 2.45) is 11.8 Å². The molecule has 4 nitrogen and oxygen atoms in total. The fraction of sp³-hybridized carbons (Fsp3) is 0.857.